The predicted octanol–water partition coefficient (Wildman–Crippen LogP) is 1.60. The number of aliphatic hydroxyl groups is 2. The fourth-order valence-electron chi connectivity index (χ4n) is 7.76. The highest BCUT2D eigenvalue weighted by Crippen LogP contribution is 2.71. The summed E-state index contributed by atoms with van der Waals surface area (Å²) in [4.78, 5) is 38.2. The number of rotatable bonds is 2. The summed E-state index contributed by atoms with van der Waals surface area (Å²) in [5, 5.41) is 21.1. The molecule has 5 rings (SSSR count). The molecule has 0 aromatic heterocycles. The van der Waals surface area contributed by atoms with Crippen LogP contribution in [0.2, 0.25) is 0 Å². The number of carbonyl (C=O) groups is 3. The first-order chi connectivity index (χ1) is 14.8. The van der Waals surface area contributed by atoms with Crippen molar-refractivity contribution in [3.63, 3.8) is 0 Å². The Kier molecular flexibility index (Phi) is 4.29. The summed E-state index contributed by atoms with van der Waals surface area (Å²) < 4.78 is 29.4. The number of carbonyl (C=O) groups excluding carboxylic acids is 3. The number of fused-ring (bicyclic) bond motifs is 7. The van der Waals surface area contributed by atoms with E-state index >= 15 is 4.39 Å². The molecule has 0 aromatic rings. The maximum Gasteiger partial charge on any atom is 0.193 e. The van der Waals surface area contributed by atoms with Crippen LogP contribution in [0, 0.1) is 22.7 Å². The van der Waals surface area contributed by atoms with Gasteiger partial charge >= 0.3 is 0 Å². The van der Waals surface area contributed by atoms with Crippen LogP contribution in [0.5, 0.6) is 0 Å². The normalized spacial score (nSPS) is 50.9. The van der Waals surface area contributed by atoms with E-state index in [-0.39, 0.29) is 36.4 Å². The molecule has 32 heavy (non-hydrogen) atoms. The molecule has 1 saturated heterocycles. The Morgan fingerprint density at radius 2 is 1.91 bits per heavy atom. The average molecular weight is 448 g/mol. The number of ketones is 3. The van der Waals surface area contributed by atoms with Crippen molar-refractivity contribution in [2.24, 2.45) is 22.7 Å². The van der Waals surface area contributed by atoms with Crippen molar-refractivity contribution < 1.29 is 38.5 Å². The fraction of sp³-hybridized carbons (Fsp3) is 0.708. The minimum Gasteiger partial charge on any atom is -0.390 e. The van der Waals surface area contributed by atoms with Crippen LogP contribution in [-0.2, 0) is 23.9 Å². The lowest BCUT2D eigenvalue weighted by Gasteiger charge is -2.62. The number of hydrogen-bond acceptors (Lipinski definition) is 7. The van der Waals surface area contributed by atoms with Crippen molar-refractivity contribution in [2.75, 3.05) is 6.61 Å². The fourth-order valence-corrected chi connectivity index (χ4v) is 7.76. The Morgan fingerprint density at radius 1 is 1.22 bits per heavy atom. The molecule has 0 spiro atoms. The summed E-state index contributed by atoms with van der Waals surface area (Å²) in [5.74, 6) is -3.78. The van der Waals surface area contributed by atoms with E-state index in [4.69, 9.17) is 9.47 Å². The van der Waals surface area contributed by atoms with Crippen LogP contribution in [-0.4, -0.2) is 63.4 Å². The molecule has 3 saturated carbocycles. The third-order valence-electron chi connectivity index (χ3n) is 9.04. The van der Waals surface area contributed by atoms with Crippen molar-refractivity contribution >= 4 is 17.3 Å². The van der Waals surface area contributed by atoms with Crippen LogP contribution < -0.4 is 0 Å². The van der Waals surface area contributed by atoms with E-state index in [0.29, 0.717) is 0 Å². The quantitative estimate of drug-likeness (QED) is 0.660. The van der Waals surface area contributed by atoms with Gasteiger partial charge in [0, 0.05) is 23.3 Å². The number of Topliss-reactive ketones (excluding diaryl/α,β-unsaturated/α-hetero) is 2. The van der Waals surface area contributed by atoms with Gasteiger partial charge in [0.1, 0.15) is 6.61 Å². The summed E-state index contributed by atoms with van der Waals surface area (Å²) in [6, 6.07) is 0. The minimum atomic E-state index is -2.22. The molecule has 4 aliphatic carbocycles. The molecule has 0 radical (unpaired) electrons. The van der Waals surface area contributed by atoms with Gasteiger partial charge < -0.3 is 19.7 Å². The van der Waals surface area contributed by atoms with Crippen LogP contribution in [0.25, 0.3) is 0 Å². The van der Waals surface area contributed by atoms with Crippen molar-refractivity contribution in [2.45, 2.75) is 76.2 Å². The van der Waals surface area contributed by atoms with Crippen LogP contribution in [0.3, 0.4) is 0 Å². The number of ether oxygens (including phenoxy) is 2. The van der Waals surface area contributed by atoms with Crippen molar-refractivity contribution in [1.29, 1.82) is 0 Å². The first-order valence-corrected chi connectivity index (χ1v) is 11.1. The summed E-state index contributed by atoms with van der Waals surface area (Å²) in [7, 11) is 0. The smallest absolute Gasteiger partial charge is 0.193 e. The Morgan fingerprint density at radius 3 is 2.56 bits per heavy atom. The van der Waals surface area contributed by atoms with Gasteiger partial charge in [0.15, 0.2) is 34.4 Å². The third kappa shape index (κ3) is 2.27. The SMILES string of the molecule is CC1(C)O[C@@H]2C[C@H]3[C@@H]4CC(=O)C5=CC(=O)C=C[C@]5(C)[C@@]4(F)[C@@H](O)C[C@]3(C)[C@]2(C(=O)CO)O1. The van der Waals surface area contributed by atoms with Gasteiger partial charge in [-0.25, -0.2) is 4.39 Å². The number of halogens is 1. The molecular weight excluding hydrogens is 419 g/mol. The van der Waals surface area contributed by atoms with Gasteiger partial charge in [0.25, 0.3) is 0 Å². The zero-order valence-corrected chi connectivity index (χ0v) is 18.7. The van der Waals surface area contributed by atoms with Crippen LogP contribution >= 0.6 is 0 Å². The Bertz CT molecular complexity index is 1000. The van der Waals surface area contributed by atoms with Gasteiger partial charge in [-0.15, -0.1) is 0 Å². The second-order valence-electron chi connectivity index (χ2n) is 10.9. The number of aliphatic hydroxyl groups excluding tert-OH is 2. The molecule has 7 nitrogen and oxygen atoms in total. The molecule has 8 atom stereocenters. The van der Waals surface area contributed by atoms with E-state index in [1.807, 2.05) is 0 Å². The third-order valence-corrected chi connectivity index (χ3v) is 9.04. The van der Waals surface area contributed by atoms with Gasteiger partial charge in [-0.3, -0.25) is 14.4 Å². The number of alkyl halides is 1. The van der Waals surface area contributed by atoms with Gasteiger partial charge in [-0.1, -0.05) is 13.0 Å². The van der Waals surface area contributed by atoms with Gasteiger partial charge in [0.2, 0.25) is 0 Å². The summed E-state index contributed by atoms with van der Waals surface area (Å²) in [6.45, 7) is 5.92. The molecule has 0 bridgehead atoms. The molecule has 4 fully saturated rings. The minimum absolute atomic E-state index is 0.0828. The van der Waals surface area contributed by atoms with Crippen molar-refractivity contribution in [3.8, 4) is 0 Å². The van der Waals surface area contributed by atoms with Crippen LogP contribution in [0.4, 0.5) is 4.39 Å². The molecule has 8 heteroatoms. The van der Waals surface area contributed by atoms with Crippen LogP contribution in [0.15, 0.2) is 23.8 Å². The Labute approximate surface area is 185 Å². The van der Waals surface area contributed by atoms with Crippen molar-refractivity contribution in [3.05, 3.63) is 23.8 Å². The zero-order chi connectivity index (χ0) is 23.5. The molecule has 0 amide bonds. The Hall–Kier alpha value is -1.74. The van der Waals surface area contributed by atoms with Crippen LogP contribution in [0.1, 0.15) is 47.0 Å². The van der Waals surface area contributed by atoms with Gasteiger partial charge in [-0.05, 0) is 51.7 Å². The Balaban J connectivity index is 1.67. The second-order valence-corrected chi connectivity index (χ2v) is 10.9. The highest BCUT2D eigenvalue weighted by molar-refractivity contribution is 6.10. The summed E-state index contributed by atoms with van der Waals surface area (Å²) in [5.41, 5.74) is -6.20. The van der Waals surface area contributed by atoms with Gasteiger partial charge in [-0.2, -0.15) is 0 Å². The molecule has 174 valence electrons. The van der Waals surface area contributed by atoms with E-state index in [1.54, 1.807) is 27.7 Å². The standard InChI is InChI=1S/C24H29FO7/c1-20(2)31-19-9-13-14-8-16(28)15-7-12(27)5-6-21(15,3)23(14,25)17(29)10-22(13,4)24(19,32-20)18(30)11-26/h5-7,13-14,17,19,26,29H,8-11H2,1-4H3/t13-,14-,17-,19+,21-,22-,23-,24+/m0/s1. The first-order valence-electron chi connectivity index (χ1n) is 11.1. The topological polar surface area (TPSA) is 110 Å². The molecule has 1 heterocycles. The maximum absolute atomic E-state index is 17.2. The maximum atomic E-state index is 17.2. The monoisotopic (exact) mass is 448 g/mol. The largest absolute Gasteiger partial charge is 0.390 e. The lowest BCUT2D eigenvalue weighted by molar-refractivity contribution is -0.244. The molecule has 2 N–H and O–H groups in total. The summed E-state index contributed by atoms with van der Waals surface area (Å²) in [6.07, 6.45) is 1.54. The van der Waals surface area contributed by atoms with Crippen molar-refractivity contribution in [1.82, 2.24) is 0 Å². The first kappa shape index (κ1) is 22.1. The number of hydrogen-bond donors (Lipinski definition) is 2. The van der Waals surface area contributed by atoms with E-state index in [1.165, 1.54) is 18.2 Å². The molecule has 5 aliphatic rings. The predicted molar refractivity (Wildman–Crippen MR) is 109 cm³/mol. The lowest BCUT2D eigenvalue weighted by Crippen LogP contribution is -2.70. The molecular formula is C24H29FO7. The average Bonchev–Trinajstić information content (AvgIpc) is 3.11. The summed E-state index contributed by atoms with van der Waals surface area (Å²) >= 11 is 0. The highest BCUT2D eigenvalue weighted by Gasteiger charge is 2.80. The lowest BCUT2D eigenvalue weighted by atomic mass is 9.44. The van der Waals surface area contributed by atoms with E-state index in [2.05, 4.69) is 0 Å². The highest BCUT2D eigenvalue weighted by atomic mass is 19.1. The zero-order valence-electron chi connectivity index (χ0n) is 18.7. The molecule has 0 unspecified atom stereocenters. The second kappa shape index (κ2) is 6.23. The van der Waals surface area contributed by atoms with E-state index in [9.17, 15) is 24.6 Å². The van der Waals surface area contributed by atoms with E-state index < -0.39 is 64.3 Å². The number of allylic oxidation sites excluding steroid dienone is 4. The van der Waals surface area contributed by atoms with Gasteiger partial charge in [0.05, 0.1) is 17.6 Å². The molecule has 1 aliphatic heterocycles. The van der Waals surface area contributed by atoms with E-state index in [0.717, 1.165) is 0 Å². The molecule has 0 aromatic carbocycles.